The maximum absolute atomic E-state index is 12.3. The maximum atomic E-state index is 12.3. The van der Waals surface area contributed by atoms with E-state index < -0.39 is 18.4 Å². The summed E-state index contributed by atoms with van der Waals surface area (Å²) in [6.45, 7) is 4.42. The number of aromatic nitrogens is 1. The van der Waals surface area contributed by atoms with Crippen LogP contribution < -0.4 is 0 Å². The maximum Gasteiger partial charge on any atom is 0.310 e. The SMILES string of the molecule is CC(=O)c1c(C)[nH]c(C(=O)COC(=O)Cc2ccc(Cl)cc2Cl)c1C. The first-order valence-corrected chi connectivity index (χ1v) is 8.29. The number of carbonyl (C=O) groups excluding carboxylic acids is 3. The number of ether oxygens (including phenoxy) is 1. The number of nitrogens with one attached hydrogen (secondary N) is 1. The molecule has 0 saturated carbocycles. The van der Waals surface area contributed by atoms with Gasteiger partial charge in [0.15, 0.2) is 12.4 Å². The average molecular weight is 382 g/mol. The van der Waals surface area contributed by atoms with Crippen LogP contribution in [-0.2, 0) is 16.0 Å². The fraction of sp³-hybridized carbons (Fsp3) is 0.278. The van der Waals surface area contributed by atoms with Crippen LogP contribution in [0.5, 0.6) is 0 Å². The van der Waals surface area contributed by atoms with Crippen molar-refractivity contribution in [3.05, 3.63) is 56.3 Å². The molecule has 0 spiro atoms. The van der Waals surface area contributed by atoms with E-state index in [2.05, 4.69) is 4.98 Å². The van der Waals surface area contributed by atoms with Crippen molar-refractivity contribution < 1.29 is 19.1 Å². The standard InChI is InChI=1S/C18H17Cl2NO4/c1-9-17(11(3)22)10(2)21-18(9)15(23)8-25-16(24)6-12-4-5-13(19)7-14(12)20/h4-5,7,21H,6,8H2,1-3H3. The number of H-pyrrole nitrogens is 1. The molecule has 0 aliphatic rings. The molecule has 0 amide bonds. The van der Waals surface area contributed by atoms with E-state index in [0.29, 0.717) is 32.4 Å². The van der Waals surface area contributed by atoms with Crippen molar-refractivity contribution >= 4 is 40.7 Å². The van der Waals surface area contributed by atoms with E-state index in [1.165, 1.54) is 13.0 Å². The summed E-state index contributed by atoms with van der Waals surface area (Å²) in [4.78, 5) is 38.7. The summed E-state index contributed by atoms with van der Waals surface area (Å²) >= 11 is 11.8. The minimum absolute atomic E-state index is 0.0648. The minimum Gasteiger partial charge on any atom is -0.457 e. The number of aryl methyl sites for hydroxylation is 1. The third-order valence-electron chi connectivity index (χ3n) is 3.78. The van der Waals surface area contributed by atoms with Crippen molar-refractivity contribution in [1.82, 2.24) is 4.98 Å². The van der Waals surface area contributed by atoms with Crippen LogP contribution in [-0.4, -0.2) is 29.1 Å². The number of hydrogen-bond acceptors (Lipinski definition) is 4. The summed E-state index contributed by atoms with van der Waals surface area (Å²) in [5, 5.41) is 0.828. The van der Waals surface area contributed by atoms with Gasteiger partial charge in [0.05, 0.1) is 12.1 Å². The Morgan fingerprint density at radius 2 is 1.84 bits per heavy atom. The lowest BCUT2D eigenvalue weighted by molar-refractivity contribution is -0.141. The molecule has 0 atom stereocenters. The van der Waals surface area contributed by atoms with Crippen molar-refractivity contribution in [3.63, 3.8) is 0 Å². The van der Waals surface area contributed by atoms with Gasteiger partial charge >= 0.3 is 5.97 Å². The highest BCUT2D eigenvalue weighted by Gasteiger charge is 2.21. The number of benzene rings is 1. The number of rotatable bonds is 6. The lowest BCUT2D eigenvalue weighted by atomic mass is 10.1. The van der Waals surface area contributed by atoms with Gasteiger partial charge in [0.25, 0.3) is 0 Å². The molecule has 5 nitrogen and oxygen atoms in total. The Bertz CT molecular complexity index is 855. The van der Waals surface area contributed by atoms with E-state index in [1.54, 1.807) is 26.0 Å². The number of hydrogen-bond donors (Lipinski definition) is 1. The van der Waals surface area contributed by atoms with Gasteiger partial charge in [-0.05, 0) is 44.0 Å². The summed E-state index contributed by atoms with van der Waals surface area (Å²) in [7, 11) is 0. The number of carbonyl (C=O) groups is 3. The smallest absolute Gasteiger partial charge is 0.310 e. The fourth-order valence-corrected chi connectivity index (χ4v) is 3.12. The average Bonchev–Trinajstić information content (AvgIpc) is 2.82. The molecule has 2 rings (SSSR count). The molecule has 0 unspecified atom stereocenters. The van der Waals surface area contributed by atoms with Crippen molar-refractivity contribution in [1.29, 1.82) is 0 Å². The van der Waals surface area contributed by atoms with Gasteiger partial charge in [-0.2, -0.15) is 0 Å². The lowest BCUT2D eigenvalue weighted by Crippen LogP contribution is -2.17. The van der Waals surface area contributed by atoms with Crippen molar-refractivity contribution in [2.45, 2.75) is 27.2 Å². The highest BCUT2D eigenvalue weighted by molar-refractivity contribution is 6.35. The van der Waals surface area contributed by atoms with Gasteiger partial charge in [-0.15, -0.1) is 0 Å². The molecule has 7 heteroatoms. The Labute approximate surface area is 155 Å². The molecule has 1 aromatic heterocycles. The van der Waals surface area contributed by atoms with E-state index in [-0.39, 0.29) is 17.9 Å². The molecule has 132 valence electrons. The van der Waals surface area contributed by atoms with E-state index >= 15 is 0 Å². The van der Waals surface area contributed by atoms with Crippen LogP contribution in [0.15, 0.2) is 18.2 Å². The number of Topliss-reactive ketones (excluding diaryl/α,β-unsaturated/α-hetero) is 2. The molecule has 1 aromatic carbocycles. The normalized spacial score (nSPS) is 10.6. The molecule has 1 N–H and O–H groups in total. The molecule has 1 heterocycles. The summed E-state index contributed by atoms with van der Waals surface area (Å²) in [6.07, 6.45) is -0.0648. The second-order valence-electron chi connectivity index (χ2n) is 5.68. The zero-order valence-electron chi connectivity index (χ0n) is 14.0. The minimum atomic E-state index is -0.578. The van der Waals surface area contributed by atoms with Crippen LogP contribution in [0, 0.1) is 13.8 Å². The molecule has 0 fully saturated rings. The second-order valence-corrected chi connectivity index (χ2v) is 6.52. The molecule has 0 radical (unpaired) electrons. The number of aromatic amines is 1. The molecule has 0 aliphatic heterocycles. The quantitative estimate of drug-likeness (QED) is 0.603. The number of ketones is 2. The van der Waals surface area contributed by atoms with Gasteiger partial charge in [-0.25, -0.2) is 0 Å². The van der Waals surface area contributed by atoms with Crippen molar-refractivity contribution in [2.75, 3.05) is 6.61 Å². The third-order valence-corrected chi connectivity index (χ3v) is 4.37. The van der Waals surface area contributed by atoms with Crippen LogP contribution in [0.1, 0.15) is 44.6 Å². The summed E-state index contributed by atoms with van der Waals surface area (Å²) in [6, 6.07) is 4.78. The van der Waals surface area contributed by atoms with Crippen LogP contribution in [0.3, 0.4) is 0 Å². The predicted octanol–water partition coefficient (Wildman–Crippen LogP) is 4.11. The summed E-state index contributed by atoms with van der Waals surface area (Å²) in [5.41, 5.74) is 2.51. The topological polar surface area (TPSA) is 76.2 Å². The van der Waals surface area contributed by atoms with E-state index in [9.17, 15) is 14.4 Å². The highest BCUT2D eigenvalue weighted by Crippen LogP contribution is 2.22. The summed E-state index contributed by atoms with van der Waals surface area (Å²) in [5.74, 6) is -1.10. The van der Waals surface area contributed by atoms with Crippen LogP contribution in [0.4, 0.5) is 0 Å². The first-order chi connectivity index (χ1) is 11.7. The Balaban J connectivity index is 2.01. The highest BCUT2D eigenvalue weighted by atomic mass is 35.5. The third kappa shape index (κ3) is 4.50. The molecule has 0 aliphatic carbocycles. The Kier molecular flexibility index (Phi) is 6.03. The Morgan fingerprint density at radius 1 is 1.16 bits per heavy atom. The largest absolute Gasteiger partial charge is 0.457 e. The first-order valence-electron chi connectivity index (χ1n) is 7.53. The van der Waals surface area contributed by atoms with Crippen molar-refractivity contribution in [2.24, 2.45) is 0 Å². The number of esters is 1. The van der Waals surface area contributed by atoms with Gasteiger partial charge in [0.1, 0.15) is 0 Å². The Hall–Kier alpha value is -2.11. The fourth-order valence-electron chi connectivity index (χ4n) is 2.65. The van der Waals surface area contributed by atoms with E-state index in [1.807, 2.05) is 0 Å². The molecule has 0 bridgehead atoms. The van der Waals surface area contributed by atoms with Crippen LogP contribution in [0.2, 0.25) is 10.0 Å². The van der Waals surface area contributed by atoms with Crippen molar-refractivity contribution in [3.8, 4) is 0 Å². The van der Waals surface area contributed by atoms with E-state index in [0.717, 1.165) is 0 Å². The predicted molar refractivity (Wildman–Crippen MR) is 95.7 cm³/mol. The zero-order chi connectivity index (χ0) is 18.7. The van der Waals surface area contributed by atoms with Gasteiger partial charge in [-0.3, -0.25) is 14.4 Å². The van der Waals surface area contributed by atoms with Gasteiger partial charge in [0.2, 0.25) is 5.78 Å². The molecular weight excluding hydrogens is 365 g/mol. The Morgan fingerprint density at radius 3 is 2.40 bits per heavy atom. The zero-order valence-corrected chi connectivity index (χ0v) is 15.5. The van der Waals surface area contributed by atoms with E-state index in [4.69, 9.17) is 27.9 Å². The monoisotopic (exact) mass is 381 g/mol. The van der Waals surface area contributed by atoms with Crippen LogP contribution >= 0.6 is 23.2 Å². The molecule has 0 saturated heterocycles. The van der Waals surface area contributed by atoms with Gasteiger partial charge in [-0.1, -0.05) is 29.3 Å². The molecule has 2 aromatic rings. The first kappa shape index (κ1) is 19.2. The number of halogens is 2. The molecule has 25 heavy (non-hydrogen) atoms. The van der Waals surface area contributed by atoms with Crippen LogP contribution in [0.25, 0.3) is 0 Å². The summed E-state index contributed by atoms with van der Waals surface area (Å²) < 4.78 is 5.03. The van der Waals surface area contributed by atoms with Gasteiger partial charge in [0, 0.05) is 21.3 Å². The second kappa shape index (κ2) is 7.85. The van der Waals surface area contributed by atoms with Gasteiger partial charge < -0.3 is 9.72 Å². The molecular formula is C18H17Cl2NO4. The lowest BCUT2D eigenvalue weighted by Gasteiger charge is -2.06.